The standard InChI is InChI=1S/C20H20ClN3O4/c1-3-17(27-15-9-7-14(21)8-10-15)20(25)22-12-18-23-19(24-28-18)13-5-4-6-16(11-13)26-2/h4-11,17H,3,12H2,1-2H3,(H,22,25)/t17-/m0/s1. The summed E-state index contributed by atoms with van der Waals surface area (Å²) in [7, 11) is 1.59. The molecule has 1 N–H and O–H groups in total. The second kappa shape index (κ2) is 9.23. The van der Waals surface area contributed by atoms with Crippen molar-refractivity contribution in [3.8, 4) is 22.9 Å². The highest BCUT2D eigenvalue weighted by Gasteiger charge is 2.19. The van der Waals surface area contributed by atoms with Crippen LogP contribution >= 0.6 is 11.6 Å². The average Bonchev–Trinajstić information content (AvgIpc) is 3.21. The Morgan fingerprint density at radius 3 is 2.71 bits per heavy atom. The number of methoxy groups -OCH3 is 1. The summed E-state index contributed by atoms with van der Waals surface area (Å²) in [6.45, 7) is 1.98. The molecule has 0 fully saturated rings. The summed E-state index contributed by atoms with van der Waals surface area (Å²) in [5, 5.41) is 7.31. The van der Waals surface area contributed by atoms with Crippen molar-refractivity contribution in [2.24, 2.45) is 0 Å². The van der Waals surface area contributed by atoms with Gasteiger partial charge in [-0.3, -0.25) is 4.79 Å². The summed E-state index contributed by atoms with van der Waals surface area (Å²) in [4.78, 5) is 16.7. The van der Waals surface area contributed by atoms with Crippen LogP contribution in [0.1, 0.15) is 19.2 Å². The van der Waals surface area contributed by atoms with E-state index in [1.807, 2.05) is 25.1 Å². The topological polar surface area (TPSA) is 86.5 Å². The third-order valence-electron chi connectivity index (χ3n) is 3.97. The second-order valence-corrected chi connectivity index (χ2v) is 6.37. The van der Waals surface area contributed by atoms with Crippen LogP contribution in [0.15, 0.2) is 53.1 Å². The molecule has 0 aliphatic carbocycles. The predicted octanol–water partition coefficient (Wildman–Crippen LogP) is 3.87. The molecule has 1 aromatic heterocycles. The number of amides is 1. The van der Waals surface area contributed by atoms with E-state index in [1.54, 1.807) is 37.4 Å². The average molecular weight is 402 g/mol. The smallest absolute Gasteiger partial charge is 0.261 e. The molecule has 0 unspecified atom stereocenters. The molecule has 7 nitrogen and oxygen atoms in total. The summed E-state index contributed by atoms with van der Waals surface area (Å²) in [6.07, 6.45) is -0.130. The predicted molar refractivity (Wildman–Crippen MR) is 104 cm³/mol. The molecule has 1 heterocycles. The van der Waals surface area contributed by atoms with Crippen LogP contribution in [-0.2, 0) is 11.3 Å². The zero-order valence-corrected chi connectivity index (χ0v) is 16.3. The number of halogens is 1. The molecule has 0 saturated carbocycles. The van der Waals surface area contributed by atoms with E-state index in [4.69, 9.17) is 25.6 Å². The molecule has 2 aromatic carbocycles. The Balaban J connectivity index is 1.59. The quantitative estimate of drug-likeness (QED) is 0.616. The van der Waals surface area contributed by atoms with Gasteiger partial charge in [-0.15, -0.1) is 0 Å². The highest BCUT2D eigenvalue weighted by molar-refractivity contribution is 6.30. The van der Waals surface area contributed by atoms with E-state index in [-0.39, 0.29) is 12.5 Å². The van der Waals surface area contributed by atoms with Crippen molar-refractivity contribution in [3.05, 3.63) is 59.4 Å². The number of nitrogens with one attached hydrogen (secondary N) is 1. The Morgan fingerprint density at radius 2 is 2.00 bits per heavy atom. The maximum Gasteiger partial charge on any atom is 0.261 e. The lowest BCUT2D eigenvalue weighted by Gasteiger charge is -2.16. The molecule has 0 aliphatic heterocycles. The number of carbonyl (C=O) groups is 1. The van der Waals surface area contributed by atoms with E-state index in [1.165, 1.54) is 0 Å². The molecule has 28 heavy (non-hydrogen) atoms. The first-order chi connectivity index (χ1) is 13.6. The number of carbonyl (C=O) groups excluding carboxylic acids is 1. The molecule has 1 atom stereocenters. The second-order valence-electron chi connectivity index (χ2n) is 5.93. The minimum atomic E-state index is -0.637. The highest BCUT2D eigenvalue weighted by Crippen LogP contribution is 2.21. The number of nitrogens with zero attached hydrogens (tertiary/aromatic N) is 2. The van der Waals surface area contributed by atoms with Crippen molar-refractivity contribution in [2.75, 3.05) is 7.11 Å². The summed E-state index contributed by atoms with van der Waals surface area (Å²) >= 11 is 5.86. The fourth-order valence-electron chi connectivity index (χ4n) is 2.48. The van der Waals surface area contributed by atoms with E-state index in [0.29, 0.717) is 34.7 Å². The molecule has 3 rings (SSSR count). The Bertz CT molecular complexity index is 927. The maximum atomic E-state index is 12.4. The molecule has 146 valence electrons. The number of benzene rings is 2. The molecule has 8 heteroatoms. The molecule has 0 radical (unpaired) electrons. The molecule has 0 saturated heterocycles. The molecule has 0 aliphatic rings. The number of hydrogen-bond acceptors (Lipinski definition) is 6. The molecular weight excluding hydrogens is 382 g/mol. The van der Waals surface area contributed by atoms with Gasteiger partial charge in [-0.25, -0.2) is 0 Å². The summed E-state index contributed by atoms with van der Waals surface area (Å²) < 4.78 is 16.1. The van der Waals surface area contributed by atoms with Gasteiger partial charge < -0.3 is 19.3 Å². The van der Waals surface area contributed by atoms with Crippen molar-refractivity contribution in [3.63, 3.8) is 0 Å². The van der Waals surface area contributed by atoms with Gasteiger partial charge in [-0.05, 0) is 42.8 Å². The maximum absolute atomic E-state index is 12.4. The molecular formula is C20H20ClN3O4. The first-order valence-electron chi connectivity index (χ1n) is 8.76. The lowest BCUT2D eigenvalue weighted by atomic mass is 10.2. The lowest BCUT2D eigenvalue weighted by Crippen LogP contribution is -2.37. The van der Waals surface area contributed by atoms with Gasteiger partial charge in [0.05, 0.1) is 13.7 Å². The van der Waals surface area contributed by atoms with Crippen molar-refractivity contribution < 1.29 is 18.8 Å². The first-order valence-corrected chi connectivity index (χ1v) is 9.13. The van der Waals surface area contributed by atoms with Gasteiger partial charge in [0, 0.05) is 10.6 Å². The van der Waals surface area contributed by atoms with E-state index < -0.39 is 6.10 Å². The van der Waals surface area contributed by atoms with Crippen molar-refractivity contribution in [1.82, 2.24) is 15.5 Å². The van der Waals surface area contributed by atoms with Gasteiger partial charge in [-0.2, -0.15) is 4.98 Å². The Morgan fingerprint density at radius 1 is 1.21 bits per heavy atom. The van der Waals surface area contributed by atoms with E-state index >= 15 is 0 Å². The van der Waals surface area contributed by atoms with Crippen LogP contribution in [0, 0.1) is 0 Å². The van der Waals surface area contributed by atoms with Crippen LogP contribution in [0.3, 0.4) is 0 Å². The summed E-state index contributed by atoms with van der Waals surface area (Å²) in [6, 6.07) is 14.2. The number of ether oxygens (including phenoxy) is 2. The molecule has 3 aromatic rings. The van der Waals surface area contributed by atoms with Crippen LogP contribution < -0.4 is 14.8 Å². The fourth-order valence-corrected chi connectivity index (χ4v) is 2.61. The Hall–Kier alpha value is -3.06. The van der Waals surface area contributed by atoms with E-state index in [9.17, 15) is 4.79 Å². The summed E-state index contributed by atoms with van der Waals surface area (Å²) in [5.74, 6) is 1.73. The summed E-state index contributed by atoms with van der Waals surface area (Å²) in [5.41, 5.74) is 0.762. The van der Waals surface area contributed by atoms with Crippen LogP contribution in [0.5, 0.6) is 11.5 Å². The normalized spacial score (nSPS) is 11.7. The van der Waals surface area contributed by atoms with Gasteiger partial charge in [0.1, 0.15) is 11.5 Å². The first kappa shape index (κ1) is 19.7. The zero-order valence-electron chi connectivity index (χ0n) is 15.5. The minimum absolute atomic E-state index is 0.107. The SMILES string of the molecule is CC[C@H](Oc1ccc(Cl)cc1)C(=O)NCc1nc(-c2cccc(OC)c2)no1. The van der Waals surface area contributed by atoms with E-state index in [0.717, 1.165) is 5.56 Å². The van der Waals surface area contributed by atoms with Gasteiger partial charge in [0.15, 0.2) is 6.10 Å². The number of aromatic nitrogens is 2. The molecule has 0 bridgehead atoms. The third-order valence-corrected chi connectivity index (χ3v) is 4.22. The van der Waals surface area contributed by atoms with Crippen LogP contribution in [0.4, 0.5) is 0 Å². The van der Waals surface area contributed by atoms with Crippen LogP contribution in [0.25, 0.3) is 11.4 Å². The third kappa shape index (κ3) is 5.01. The van der Waals surface area contributed by atoms with Crippen LogP contribution in [0.2, 0.25) is 5.02 Å². The number of rotatable bonds is 8. The van der Waals surface area contributed by atoms with Crippen molar-refractivity contribution in [2.45, 2.75) is 26.0 Å². The number of hydrogen-bond donors (Lipinski definition) is 1. The van der Waals surface area contributed by atoms with Gasteiger partial charge in [0.2, 0.25) is 11.7 Å². The molecule has 1 amide bonds. The van der Waals surface area contributed by atoms with Crippen LogP contribution in [-0.4, -0.2) is 29.3 Å². The van der Waals surface area contributed by atoms with Gasteiger partial charge >= 0.3 is 0 Å². The fraction of sp³-hybridized carbons (Fsp3) is 0.250. The molecule has 0 spiro atoms. The van der Waals surface area contributed by atoms with E-state index in [2.05, 4.69) is 15.5 Å². The Kier molecular flexibility index (Phi) is 6.49. The lowest BCUT2D eigenvalue weighted by molar-refractivity contribution is -0.128. The Labute approximate surface area is 167 Å². The van der Waals surface area contributed by atoms with Gasteiger partial charge in [-0.1, -0.05) is 35.8 Å². The van der Waals surface area contributed by atoms with Crippen molar-refractivity contribution in [1.29, 1.82) is 0 Å². The zero-order chi connectivity index (χ0) is 19.9. The highest BCUT2D eigenvalue weighted by atomic mass is 35.5. The monoisotopic (exact) mass is 401 g/mol. The van der Waals surface area contributed by atoms with Crippen molar-refractivity contribution >= 4 is 17.5 Å². The largest absolute Gasteiger partial charge is 0.497 e. The van der Waals surface area contributed by atoms with Gasteiger partial charge in [0.25, 0.3) is 5.91 Å². The minimum Gasteiger partial charge on any atom is -0.497 e.